The Morgan fingerprint density at radius 2 is 1.85 bits per heavy atom. The Kier molecular flexibility index (Phi) is 4.41. The molecule has 0 aliphatic heterocycles. The minimum atomic E-state index is -3.68. The monoisotopic (exact) mass is 418 g/mol. The molecule has 0 aliphatic rings. The summed E-state index contributed by atoms with van der Waals surface area (Å²) in [5.74, 6) is 0. The maximum Gasteiger partial charge on any atom is 0.262 e. The van der Waals surface area contributed by atoms with E-state index in [-0.39, 0.29) is 4.90 Å². The lowest BCUT2D eigenvalue weighted by Crippen LogP contribution is -2.14. The van der Waals surface area contributed by atoms with Crippen LogP contribution in [-0.4, -0.2) is 8.42 Å². The van der Waals surface area contributed by atoms with Gasteiger partial charge in [0.05, 0.1) is 16.3 Å². The Morgan fingerprint density at radius 1 is 1.15 bits per heavy atom. The van der Waals surface area contributed by atoms with Crippen molar-refractivity contribution in [2.75, 3.05) is 10.5 Å². The van der Waals surface area contributed by atoms with E-state index in [1.54, 1.807) is 24.3 Å². The van der Waals surface area contributed by atoms with E-state index < -0.39 is 10.0 Å². The van der Waals surface area contributed by atoms with Crippen LogP contribution in [0.3, 0.4) is 0 Å². The molecule has 0 atom stereocenters. The van der Waals surface area contributed by atoms with Gasteiger partial charge in [0.1, 0.15) is 0 Å². The van der Waals surface area contributed by atoms with Crippen LogP contribution in [0.5, 0.6) is 0 Å². The predicted octanol–water partition coefficient (Wildman–Crippen LogP) is 3.90. The van der Waals surface area contributed by atoms with Crippen molar-refractivity contribution >= 4 is 53.3 Å². The van der Waals surface area contributed by atoms with Gasteiger partial charge in [0.25, 0.3) is 10.0 Å². The Morgan fingerprint density at radius 3 is 2.45 bits per heavy atom. The Hall–Kier alpha value is -1.05. The Labute approximate surface area is 134 Å². The summed E-state index contributed by atoms with van der Waals surface area (Å²) in [6.45, 7) is 1.88. The van der Waals surface area contributed by atoms with Crippen molar-refractivity contribution in [3.8, 4) is 0 Å². The average Bonchev–Trinajstić information content (AvgIpc) is 2.34. The second kappa shape index (κ2) is 5.75. The molecule has 0 aromatic heterocycles. The van der Waals surface area contributed by atoms with Crippen molar-refractivity contribution in [1.29, 1.82) is 0 Å². The lowest BCUT2D eigenvalue weighted by atomic mass is 10.2. The van der Waals surface area contributed by atoms with Gasteiger partial charge in [-0.2, -0.15) is 0 Å². The SMILES string of the molecule is Cc1cc(N)c(NS(=O)(=O)c2cccc(Br)c2)c(Br)c1. The topological polar surface area (TPSA) is 72.2 Å². The molecule has 0 saturated carbocycles. The molecule has 0 amide bonds. The number of aryl methyl sites for hydroxylation is 1. The van der Waals surface area contributed by atoms with Gasteiger partial charge in [-0.1, -0.05) is 22.0 Å². The third-order valence-electron chi connectivity index (χ3n) is 2.61. The fourth-order valence-electron chi connectivity index (χ4n) is 1.70. The molecule has 0 unspecified atom stereocenters. The lowest BCUT2D eigenvalue weighted by molar-refractivity contribution is 0.601. The normalized spacial score (nSPS) is 11.3. The highest BCUT2D eigenvalue weighted by Crippen LogP contribution is 2.32. The molecule has 0 fully saturated rings. The van der Waals surface area contributed by atoms with E-state index >= 15 is 0 Å². The summed E-state index contributed by atoms with van der Waals surface area (Å²) in [6.07, 6.45) is 0. The highest BCUT2D eigenvalue weighted by atomic mass is 79.9. The van der Waals surface area contributed by atoms with Crippen molar-refractivity contribution in [2.45, 2.75) is 11.8 Å². The molecule has 2 rings (SSSR count). The van der Waals surface area contributed by atoms with Gasteiger partial charge in [0.15, 0.2) is 0 Å². The van der Waals surface area contributed by atoms with Crippen molar-refractivity contribution < 1.29 is 8.42 Å². The van der Waals surface area contributed by atoms with Crippen molar-refractivity contribution in [1.82, 2.24) is 0 Å². The zero-order valence-corrected chi connectivity index (χ0v) is 14.5. The van der Waals surface area contributed by atoms with E-state index in [4.69, 9.17) is 5.73 Å². The van der Waals surface area contributed by atoms with Crippen molar-refractivity contribution in [3.63, 3.8) is 0 Å². The van der Waals surface area contributed by atoms with Crippen molar-refractivity contribution in [3.05, 3.63) is 50.9 Å². The van der Waals surface area contributed by atoms with Crippen LogP contribution < -0.4 is 10.5 Å². The van der Waals surface area contributed by atoms with Crippen molar-refractivity contribution in [2.24, 2.45) is 0 Å². The number of halogens is 2. The molecule has 2 aromatic rings. The highest BCUT2D eigenvalue weighted by molar-refractivity contribution is 9.10. The highest BCUT2D eigenvalue weighted by Gasteiger charge is 2.17. The van der Waals surface area contributed by atoms with Crippen LogP contribution in [0.4, 0.5) is 11.4 Å². The largest absolute Gasteiger partial charge is 0.397 e. The minimum Gasteiger partial charge on any atom is -0.397 e. The fraction of sp³-hybridized carbons (Fsp3) is 0.0769. The first-order valence-corrected chi connectivity index (χ1v) is 8.70. The Bertz CT molecular complexity index is 738. The van der Waals surface area contributed by atoms with Gasteiger partial charge in [-0.3, -0.25) is 4.72 Å². The summed E-state index contributed by atoms with van der Waals surface area (Å²) in [6, 6.07) is 9.98. The van der Waals surface area contributed by atoms with Crippen LogP contribution in [0.2, 0.25) is 0 Å². The molecule has 3 N–H and O–H groups in total. The van der Waals surface area contributed by atoms with Gasteiger partial charge in [0, 0.05) is 8.95 Å². The number of nitrogen functional groups attached to an aromatic ring is 1. The molecule has 0 radical (unpaired) electrons. The van der Waals surface area contributed by atoms with E-state index in [1.807, 2.05) is 6.92 Å². The van der Waals surface area contributed by atoms with Crippen LogP contribution >= 0.6 is 31.9 Å². The molecule has 0 bridgehead atoms. The maximum absolute atomic E-state index is 12.3. The van der Waals surface area contributed by atoms with E-state index in [0.29, 0.717) is 20.3 Å². The number of rotatable bonds is 3. The van der Waals surface area contributed by atoms with Crippen LogP contribution in [0.15, 0.2) is 50.2 Å². The summed E-state index contributed by atoms with van der Waals surface area (Å²) in [4.78, 5) is 0.166. The number of sulfonamides is 1. The summed E-state index contributed by atoms with van der Waals surface area (Å²) in [5.41, 5.74) is 7.53. The number of hydrogen-bond acceptors (Lipinski definition) is 3. The van der Waals surface area contributed by atoms with E-state index in [0.717, 1.165) is 5.56 Å². The van der Waals surface area contributed by atoms with E-state index in [1.165, 1.54) is 12.1 Å². The molecule has 0 spiro atoms. The molecule has 2 aromatic carbocycles. The first kappa shape index (κ1) is 15.3. The third kappa shape index (κ3) is 3.34. The fourth-order valence-corrected chi connectivity index (χ4v) is 4.23. The maximum atomic E-state index is 12.3. The first-order valence-electron chi connectivity index (χ1n) is 5.63. The number of nitrogens with one attached hydrogen (secondary N) is 1. The zero-order valence-electron chi connectivity index (χ0n) is 10.5. The van der Waals surface area contributed by atoms with Gasteiger partial charge in [0.2, 0.25) is 0 Å². The van der Waals surface area contributed by atoms with Crippen LogP contribution in [0.1, 0.15) is 5.56 Å². The number of nitrogens with two attached hydrogens (primary N) is 1. The summed E-state index contributed by atoms with van der Waals surface area (Å²) >= 11 is 6.57. The molecule has 0 aliphatic carbocycles. The summed E-state index contributed by atoms with van der Waals surface area (Å²) < 4.78 is 28.5. The average molecular weight is 420 g/mol. The molecular weight excluding hydrogens is 408 g/mol. The molecule has 20 heavy (non-hydrogen) atoms. The number of benzene rings is 2. The Balaban J connectivity index is 2.44. The zero-order chi connectivity index (χ0) is 14.9. The quantitative estimate of drug-likeness (QED) is 0.741. The van der Waals surface area contributed by atoms with E-state index in [9.17, 15) is 8.42 Å². The molecular formula is C13H12Br2N2O2S. The second-order valence-corrected chi connectivity index (χ2v) is 7.73. The van der Waals surface area contributed by atoms with Crippen LogP contribution in [0.25, 0.3) is 0 Å². The lowest BCUT2D eigenvalue weighted by Gasteiger charge is -2.13. The van der Waals surface area contributed by atoms with Gasteiger partial charge in [-0.15, -0.1) is 0 Å². The number of anilines is 2. The first-order chi connectivity index (χ1) is 9.29. The third-order valence-corrected chi connectivity index (χ3v) is 5.07. The predicted molar refractivity (Wildman–Crippen MR) is 88.2 cm³/mol. The minimum absolute atomic E-state index is 0.166. The van der Waals surface area contributed by atoms with Gasteiger partial charge < -0.3 is 5.73 Å². The molecule has 106 valence electrons. The molecule has 0 heterocycles. The van der Waals surface area contributed by atoms with Crippen LogP contribution in [0, 0.1) is 6.92 Å². The smallest absolute Gasteiger partial charge is 0.262 e. The molecule has 7 heteroatoms. The van der Waals surface area contributed by atoms with Gasteiger partial charge in [-0.05, 0) is 58.7 Å². The summed E-state index contributed by atoms with van der Waals surface area (Å²) in [7, 11) is -3.68. The van der Waals surface area contributed by atoms with Gasteiger partial charge >= 0.3 is 0 Å². The molecule has 0 saturated heterocycles. The summed E-state index contributed by atoms with van der Waals surface area (Å²) in [5, 5.41) is 0. The number of hydrogen-bond donors (Lipinski definition) is 2. The standard InChI is InChI=1S/C13H12Br2N2O2S/c1-8-5-11(15)13(12(16)6-8)17-20(18,19)10-4-2-3-9(14)7-10/h2-7,17H,16H2,1H3. The van der Waals surface area contributed by atoms with Gasteiger partial charge in [-0.25, -0.2) is 8.42 Å². The van der Waals surface area contributed by atoms with Crippen LogP contribution in [-0.2, 0) is 10.0 Å². The second-order valence-electron chi connectivity index (χ2n) is 4.27. The van der Waals surface area contributed by atoms with E-state index in [2.05, 4.69) is 36.6 Å². The molecule has 4 nitrogen and oxygen atoms in total.